The van der Waals surface area contributed by atoms with Crippen LogP contribution in [0.3, 0.4) is 0 Å². The third-order valence-corrected chi connectivity index (χ3v) is 1.39. The predicted molar refractivity (Wildman–Crippen MR) is 36.8 cm³/mol. The molecule has 0 amide bonds. The maximum absolute atomic E-state index is 10.5. The molecule has 1 aliphatic heterocycles. The number of ether oxygens (including phenoxy) is 1. The minimum Gasteiger partial charge on any atom is -0.453 e. The Balaban J connectivity index is 2.63. The van der Waals surface area contributed by atoms with Gasteiger partial charge in [0.15, 0.2) is 0 Å². The molecule has 1 unspecified atom stereocenters. The number of rotatable bonds is 2. The van der Waals surface area contributed by atoms with Gasteiger partial charge in [-0.05, 0) is 0 Å². The lowest BCUT2D eigenvalue weighted by Crippen LogP contribution is -2.31. The van der Waals surface area contributed by atoms with Crippen LogP contribution in [-0.4, -0.2) is 42.8 Å². The number of carbonyl (C=O) groups excluding carboxylic acids is 1. The van der Waals surface area contributed by atoms with Crippen molar-refractivity contribution in [3.8, 4) is 0 Å². The molecule has 0 fully saturated rings. The van der Waals surface area contributed by atoms with Crippen LogP contribution in [0.2, 0.25) is 0 Å². The minimum atomic E-state index is -1.13. The van der Waals surface area contributed by atoms with E-state index in [9.17, 15) is 4.79 Å². The van der Waals surface area contributed by atoms with E-state index in [-0.39, 0.29) is 5.47 Å². The number of hydrogen-bond acceptors (Lipinski definition) is 4. The summed E-state index contributed by atoms with van der Waals surface area (Å²) in [5.74, 6) is -0.583. The summed E-state index contributed by atoms with van der Waals surface area (Å²) in [4.78, 5) is 10.5. The quantitative estimate of drug-likeness (QED) is 0.368. The molecular formula is C6H7BO4. The highest BCUT2D eigenvalue weighted by Crippen LogP contribution is 2.15. The molecule has 58 valence electrons. The van der Waals surface area contributed by atoms with Crippen LogP contribution in [0.5, 0.6) is 0 Å². The molecule has 0 spiro atoms. The fourth-order valence-corrected chi connectivity index (χ4v) is 0.842. The fourth-order valence-electron chi connectivity index (χ4n) is 0.842. The maximum Gasteiger partial charge on any atom is 0.330 e. The van der Waals surface area contributed by atoms with Crippen LogP contribution in [0.25, 0.3) is 0 Å². The molecule has 0 aromatic rings. The molecule has 2 radical (unpaired) electrons. The average Bonchev–Trinajstić information content (AvgIpc) is 2.28. The van der Waals surface area contributed by atoms with Crippen molar-refractivity contribution in [2.75, 3.05) is 6.61 Å². The van der Waals surface area contributed by atoms with Crippen LogP contribution in [0.1, 0.15) is 0 Å². The van der Waals surface area contributed by atoms with Crippen molar-refractivity contribution in [3.63, 3.8) is 0 Å². The zero-order chi connectivity index (χ0) is 8.43. The van der Waals surface area contributed by atoms with Crippen LogP contribution >= 0.6 is 0 Å². The lowest BCUT2D eigenvalue weighted by molar-refractivity contribution is -0.143. The van der Waals surface area contributed by atoms with E-state index >= 15 is 0 Å². The third-order valence-electron chi connectivity index (χ3n) is 1.39. The summed E-state index contributed by atoms with van der Waals surface area (Å²) in [5.41, 5.74) is 0.150. The third kappa shape index (κ3) is 1.61. The van der Waals surface area contributed by atoms with Gasteiger partial charge in [0.1, 0.15) is 20.1 Å². The van der Waals surface area contributed by atoms with Crippen molar-refractivity contribution in [2.45, 2.75) is 12.2 Å². The van der Waals surface area contributed by atoms with Gasteiger partial charge in [0.25, 0.3) is 0 Å². The molecule has 0 aromatic carbocycles. The summed E-state index contributed by atoms with van der Waals surface area (Å²) in [6, 6.07) is 0. The van der Waals surface area contributed by atoms with E-state index in [1.54, 1.807) is 0 Å². The van der Waals surface area contributed by atoms with E-state index in [4.69, 9.17) is 18.1 Å². The standard InChI is InChI=1S/C6H7BO4/c7-3-1-5(10)11-6(3)4(9)2-8/h1,4,6,8-9H,2H2/t4-,6?/m0/s1. The molecule has 2 atom stereocenters. The Hall–Kier alpha value is -0.805. The Morgan fingerprint density at radius 1 is 1.82 bits per heavy atom. The number of hydrogen-bond donors (Lipinski definition) is 2. The fraction of sp³-hybridized carbons (Fsp3) is 0.500. The lowest BCUT2D eigenvalue weighted by Gasteiger charge is -2.16. The molecule has 1 heterocycles. The van der Waals surface area contributed by atoms with Crippen molar-refractivity contribution >= 4 is 13.8 Å². The van der Waals surface area contributed by atoms with Crippen LogP contribution < -0.4 is 0 Å². The first-order chi connectivity index (χ1) is 5.15. The molecule has 1 rings (SSSR count). The molecular weight excluding hydrogens is 147 g/mol. The predicted octanol–water partition coefficient (Wildman–Crippen LogP) is -1.68. The van der Waals surface area contributed by atoms with Gasteiger partial charge in [0.05, 0.1) is 6.61 Å². The van der Waals surface area contributed by atoms with Gasteiger partial charge < -0.3 is 14.9 Å². The van der Waals surface area contributed by atoms with Gasteiger partial charge in [-0.25, -0.2) is 4.79 Å². The minimum absolute atomic E-state index is 0.150. The molecule has 5 heteroatoms. The van der Waals surface area contributed by atoms with Gasteiger partial charge in [0, 0.05) is 6.08 Å². The highest BCUT2D eigenvalue weighted by Gasteiger charge is 2.28. The summed E-state index contributed by atoms with van der Waals surface area (Å²) < 4.78 is 4.56. The highest BCUT2D eigenvalue weighted by atomic mass is 16.6. The molecule has 11 heavy (non-hydrogen) atoms. The molecule has 4 nitrogen and oxygen atoms in total. The molecule has 0 bridgehead atoms. The van der Waals surface area contributed by atoms with Crippen molar-refractivity contribution in [2.24, 2.45) is 0 Å². The number of aliphatic hydroxyl groups is 2. The number of carbonyl (C=O) groups is 1. The molecule has 1 aliphatic rings. The molecule has 0 aromatic heterocycles. The summed E-state index contributed by atoms with van der Waals surface area (Å²) in [7, 11) is 5.29. The second-order valence-corrected chi connectivity index (χ2v) is 2.25. The van der Waals surface area contributed by atoms with Crippen molar-refractivity contribution in [1.82, 2.24) is 0 Å². The average molecular weight is 154 g/mol. The molecule has 0 saturated carbocycles. The Labute approximate surface area is 64.9 Å². The Morgan fingerprint density at radius 3 is 2.82 bits per heavy atom. The topological polar surface area (TPSA) is 66.8 Å². The van der Waals surface area contributed by atoms with Gasteiger partial charge in [-0.3, -0.25) is 0 Å². The van der Waals surface area contributed by atoms with Gasteiger partial charge in [0.2, 0.25) is 0 Å². The number of cyclic esters (lactones) is 1. The maximum atomic E-state index is 10.5. The first-order valence-electron chi connectivity index (χ1n) is 3.11. The Bertz CT molecular complexity index is 201. The van der Waals surface area contributed by atoms with E-state index < -0.39 is 24.8 Å². The van der Waals surface area contributed by atoms with Crippen LogP contribution in [-0.2, 0) is 9.53 Å². The van der Waals surface area contributed by atoms with E-state index in [2.05, 4.69) is 4.74 Å². The van der Waals surface area contributed by atoms with Crippen LogP contribution in [0.15, 0.2) is 11.5 Å². The first-order valence-corrected chi connectivity index (χ1v) is 3.11. The number of esters is 1. The lowest BCUT2D eigenvalue weighted by atomic mass is 9.89. The van der Waals surface area contributed by atoms with E-state index in [1.165, 1.54) is 0 Å². The van der Waals surface area contributed by atoms with Crippen LogP contribution in [0.4, 0.5) is 0 Å². The van der Waals surface area contributed by atoms with Gasteiger partial charge in [-0.1, -0.05) is 5.47 Å². The summed E-state index contributed by atoms with van der Waals surface area (Å²) in [6.07, 6.45) is -0.922. The normalized spacial score (nSPS) is 26.2. The second kappa shape index (κ2) is 3.06. The molecule has 2 N–H and O–H groups in total. The van der Waals surface area contributed by atoms with E-state index in [0.29, 0.717) is 0 Å². The summed E-state index contributed by atoms with van der Waals surface area (Å²) in [6.45, 7) is -0.480. The zero-order valence-corrected chi connectivity index (χ0v) is 5.73. The van der Waals surface area contributed by atoms with E-state index in [1.807, 2.05) is 0 Å². The van der Waals surface area contributed by atoms with Gasteiger partial charge in [-0.2, -0.15) is 0 Å². The first kappa shape index (κ1) is 8.29. The van der Waals surface area contributed by atoms with Gasteiger partial charge >= 0.3 is 5.97 Å². The summed E-state index contributed by atoms with van der Waals surface area (Å²) >= 11 is 0. The second-order valence-electron chi connectivity index (χ2n) is 2.25. The van der Waals surface area contributed by atoms with Crippen molar-refractivity contribution in [3.05, 3.63) is 11.5 Å². The van der Waals surface area contributed by atoms with E-state index in [0.717, 1.165) is 6.08 Å². The highest BCUT2D eigenvalue weighted by molar-refractivity contribution is 6.25. The molecule has 0 saturated heterocycles. The van der Waals surface area contributed by atoms with Crippen molar-refractivity contribution in [1.29, 1.82) is 0 Å². The number of aliphatic hydroxyl groups excluding tert-OH is 2. The largest absolute Gasteiger partial charge is 0.453 e. The molecule has 0 aliphatic carbocycles. The van der Waals surface area contributed by atoms with Crippen LogP contribution in [0, 0.1) is 0 Å². The Morgan fingerprint density at radius 2 is 2.45 bits per heavy atom. The SMILES string of the molecule is [B]C1=CC(=O)OC1[C@@H](O)CO. The zero-order valence-electron chi connectivity index (χ0n) is 5.73. The monoisotopic (exact) mass is 154 g/mol. The Kier molecular flexibility index (Phi) is 2.31. The van der Waals surface area contributed by atoms with Gasteiger partial charge in [-0.15, -0.1) is 0 Å². The van der Waals surface area contributed by atoms with Crippen molar-refractivity contribution < 1.29 is 19.7 Å². The summed E-state index contributed by atoms with van der Waals surface area (Å²) in [5, 5.41) is 17.5. The smallest absolute Gasteiger partial charge is 0.330 e.